The van der Waals surface area contributed by atoms with Gasteiger partial charge in [-0.3, -0.25) is 9.80 Å². The van der Waals surface area contributed by atoms with Crippen LogP contribution < -0.4 is 5.32 Å². The highest BCUT2D eigenvalue weighted by atomic mass is 35.5. The number of hydrogen-bond donors (Lipinski definition) is 1. The van der Waals surface area contributed by atoms with E-state index in [2.05, 4.69) is 11.9 Å². The third-order valence-electron chi connectivity index (χ3n) is 6.53. The number of carbonyl (C=O) groups is 2. The first-order valence-corrected chi connectivity index (χ1v) is 14.2. The first kappa shape index (κ1) is 27.8. The summed E-state index contributed by atoms with van der Waals surface area (Å²) >= 11 is 6.07. The Morgan fingerprint density at radius 1 is 1.11 bits per heavy atom. The second-order valence-electron chi connectivity index (χ2n) is 8.91. The zero-order valence-corrected chi connectivity index (χ0v) is 22.7. The Hall–Kier alpha value is -3.18. The summed E-state index contributed by atoms with van der Waals surface area (Å²) in [5.74, 6) is -0.526. The second kappa shape index (κ2) is 12.1. The van der Waals surface area contributed by atoms with E-state index in [1.54, 1.807) is 67.6 Å². The number of esters is 1. The number of benzene rings is 2. The average Bonchev–Trinajstić information content (AvgIpc) is 2.92. The molecule has 202 valence electrons. The van der Waals surface area contributed by atoms with Gasteiger partial charge in [-0.2, -0.15) is 4.31 Å². The zero-order chi connectivity index (χ0) is 27.3. The molecule has 1 saturated heterocycles. The quantitative estimate of drug-likeness (QED) is 0.374. The zero-order valence-electron chi connectivity index (χ0n) is 21.2. The summed E-state index contributed by atoms with van der Waals surface area (Å²) in [6.07, 6.45) is 1.59. The van der Waals surface area contributed by atoms with Crippen molar-refractivity contribution < 1.29 is 22.7 Å². The molecule has 4 rings (SSSR count). The van der Waals surface area contributed by atoms with E-state index in [1.807, 2.05) is 4.90 Å². The number of urea groups is 1. The molecule has 9 nitrogen and oxygen atoms in total. The molecule has 1 unspecified atom stereocenters. The molecule has 11 heteroatoms. The molecule has 2 heterocycles. The molecule has 2 amide bonds. The smallest absolute Gasteiger partial charge is 0.338 e. The van der Waals surface area contributed by atoms with Gasteiger partial charge in [0, 0.05) is 50.0 Å². The molecule has 1 fully saturated rings. The van der Waals surface area contributed by atoms with Gasteiger partial charge in [0.15, 0.2) is 0 Å². The van der Waals surface area contributed by atoms with Crippen molar-refractivity contribution in [3.8, 4) is 0 Å². The maximum absolute atomic E-state index is 13.3. The molecule has 2 aliphatic rings. The Balaban J connectivity index is 1.64. The molecule has 38 heavy (non-hydrogen) atoms. The number of rotatable bonds is 9. The molecular formula is C27H31ClN4O5S. The maximum atomic E-state index is 13.3. The van der Waals surface area contributed by atoms with Crippen molar-refractivity contribution >= 4 is 33.6 Å². The Morgan fingerprint density at radius 2 is 1.76 bits per heavy atom. The molecule has 1 atom stereocenters. The van der Waals surface area contributed by atoms with Crippen LogP contribution in [0.25, 0.3) is 0 Å². The summed E-state index contributed by atoms with van der Waals surface area (Å²) in [6.45, 7) is 7.56. The largest absolute Gasteiger partial charge is 0.463 e. The molecule has 0 aliphatic carbocycles. The van der Waals surface area contributed by atoms with Gasteiger partial charge < -0.3 is 10.1 Å². The van der Waals surface area contributed by atoms with Crippen molar-refractivity contribution in [1.82, 2.24) is 19.4 Å². The molecule has 0 saturated carbocycles. The lowest BCUT2D eigenvalue weighted by Gasteiger charge is -2.40. The first-order valence-electron chi connectivity index (χ1n) is 12.4. The molecule has 0 radical (unpaired) electrons. The van der Waals surface area contributed by atoms with Crippen molar-refractivity contribution in [2.75, 3.05) is 45.9 Å². The molecule has 0 bridgehead atoms. The van der Waals surface area contributed by atoms with E-state index in [1.165, 1.54) is 9.21 Å². The number of carbonyl (C=O) groups excluding carboxylic acids is 2. The number of ether oxygens (including phenoxy) is 1. The summed E-state index contributed by atoms with van der Waals surface area (Å²) in [7, 11) is -3.60. The standard InChI is InChI=1S/C27H31ClN4O5S/c1-3-14-32-23(19-30-15-17-31(18-16-30)38(35,36)22-8-6-5-7-9-22)24(26(33)37-4-2)25(29-27(32)34)20-10-12-21(28)13-11-20/h3,5-13,25H,1,4,14-19H2,2H3,(H,29,34). The Kier molecular flexibility index (Phi) is 8.88. The number of halogens is 1. The third kappa shape index (κ3) is 5.94. The van der Waals surface area contributed by atoms with Crippen molar-refractivity contribution in [3.63, 3.8) is 0 Å². The first-order chi connectivity index (χ1) is 18.3. The van der Waals surface area contributed by atoms with Gasteiger partial charge in [0.1, 0.15) is 0 Å². The summed E-state index contributed by atoms with van der Waals surface area (Å²) in [6, 6.07) is 14.2. The number of hydrogen-bond acceptors (Lipinski definition) is 6. The van der Waals surface area contributed by atoms with Crippen LogP contribution in [0.5, 0.6) is 0 Å². The number of nitrogens with one attached hydrogen (secondary N) is 1. The minimum absolute atomic E-state index is 0.175. The fourth-order valence-electron chi connectivity index (χ4n) is 4.63. The SMILES string of the molecule is C=CCN1C(=O)NC(c2ccc(Cl)cc2)C(C(=O)OCC)=C1CN1CCN(S(=O)(=O)c2ccccc2)CC1. The summed E-state index contributed by atoms with van der Waals surface area (Å²) in [4.78, 5) is 30.3. The lowest BCUT2D eigenvalue weighted by atomic mass is 9.94. The summed E-state index contributed by atoms with van der Waals surface area (Å²) in [5, 5.41) is 3.46. The van der Waals surface area contributed by atoms with Crippen LogP contribution in [0.3, 0.4) is 0 Å². The molecular weight excluding hydrogens is 528 g/mol. The van der Waals surface area contributed by atoms with Gasteiger partial charge in [0.2, 0.25) is 10.0 Å². The lowest BCUT2D eigenvalue weighted by molar-refractivity contribution is -0.139. The highest BCUT2D eigenvalue weighted by molar-refractivity contribution is 7.89. The minimum Gasteiger partial charge on any atom is -0.463 e. The van der Waals surface area contributed by atoms with Crippen LogP contribution in [0.4, 0.5) is 4.79 Å². The average molecular weight is 559 g/mol. The van der Waals surface area contributed by atoms with E-state index < -0.39 is 22.0 Å². The van der Waals surface area contributed by atoms with Crippen LogP contribution in [0.2, 0.25) is 5.02 Å². The van der Waals surface area contributed by atoms with E-state index in [0.717, 1.165) is 0 Å². The number of nitrogens with zero attached hydrogens (tertiary/aromatic N) is 3. The van der Waals surface area contributed by atoms with E-state index in [-0.39, 0.29) is 43.7 Å². The predicted molar refractivity (Wildman–Crippen MR) is 145 cm³/mol. The van der Waals surface area contributed by atoms with Crippen molar-refractivity contribution in [2.24, 2.45) is 0 Å². The Labute approximate surface area is 228 Å². The fraction of sp³-hybridized carbons (Fsp3) is 0.333. The second-order valence-corrected chi connectivity index (χ2v) is 11.3. The van der Waals surface area contributed by atoms with Gasteiger partial charge >= 0.3 is 12.0 Å². The van der Waals surface area contributed by atoms with Crippen molar-refractivity contribution in [2.45, 2.75) is 17.9 Å². The summed E-state index contributed by atoms with van der Waals surface area (Å²) < 4.78 is 33.0. The molecule has 0 spiro atoms. The van der Waals surface area contributed by atoms with Crippen LogP contribution >= 0.6 is 11.6 Å². The Bertz CT molecular complexity index is 1310. The predicted octanol–water partition coefficient (Wildman–Crippen LogP) is 3.42. The topological polar surface area (TPSA) is 99.3 Å². The van der Waals surface area contributed by atoms with Crippen molar-refractivity contribution in [1.29, 1.82) is 0 Å². The maximum Gasteiger partial charge on any atom is 0.338 e. The minimum atomic E-state index is -3.60. The monoisotopic (exact) mass is 558 g/mol. The normalized spacial score (nSPS) is 19.3. The molecule has 0 aromatic heterocycles. The van der Waals surface area contributed by atoms with Gasteiger partial charge in [0.25, 0.3) is 0 Å². The number of piperazine rings is 1. The number of sulfonamides is 1. The molecule has 2 aliphatic heterocycles. The van der Waals surface area contributed by atoms with E-state index in [0.29, 0.717) is 34.9 Å². The van der Waals surface area contributed by atoms with E-state index in [4.69, 9.17) is 16.3 Å². The van der Waals surface area contributed by atoms with Crippen LogP contribution in [0.1, 0.15) is 18.5 Å². The highest BCUT2D eigenvalue weighted by Crippen LogP contribution is 2.33. The lowest BCUT2D eigenvalue weighted by Crippen LogP contribution is -2.53. The van der Waals surface area contributed by atoms with Gasteiger partial charge in [-0.1, -0.05) is 48.0 Å². The summed E-state index contributed by atoms with van der Waals surface area (Å²) in [5.41, 5.74) is 1.53. The third-order valence-corrected chi connectivity index (χ3v) is 8.70. The molecule has 2 aromatic carbocycles. The van der Waals surface area contributed by atoms with Crippen LogP contribution in [0, 0.1) is 0 Å². The Morgan fingerprint density at radius 3 is 2.37 bits per heavy atom. The van der Waals surface area contributed by atoms with Gasteiger partial charge in [-0.05, 0) is 36.8 Å². The van der Waals surface area contributed by atoms with Crippen molar-refractivity contribution in [3.05, 3.63) is 89.1 Å². The molecule has 1 N–H and O–H groups in total. The van der Waals surface area contributed by atoms with Crippen LogP contribution in [-0.4, -0.2) is 80.4 Å². The van der Waals surface area contributed by atoms with Gasteiger partial charge in [-0.15, -0.1) is 6.58 Å². The van der Waals surface area contributed by atoms with Crippen LogP contribution in [-0.2, 0) is 19.6 Å². The van der Waals surface area contributed by atoms with Gasteiger partial charge in [0.05, 0.1) is 23.1 Å². The van der Waals surface area contributed by atoms with E-state index >= 15 is 0 Å². The van der Waals surface area contributed by atoms with Gasteiger partial charge in [-0.25, -0.2) is 18.0 Å². The highest BCUT2D eigenvalue weighted by Gasteiger charge is 2.39. The fourth-order valence-corrected chi connectivity index (χ4v) is 6.20. The van der Waals surface area contributed by atoms with Crippen LogP contribution in [0.15, 0.2) is 83.4 Å². The molecule has 2 aromatic rings. The number of amides is 2. The van der Waals surface area contributed by atoms with E-state index in [9.17, 15) is 18.0 Å².